The largest absolute Gasteiger partial charge is 0.338 e. The average Bonchev–Trinajstić information content (AvgIpc) is 2.85. The van der Waals surface area contributed by atoms with Gasteiger partial charge in [0.05, 0.1) is 5.01 Å². The van der Waals surface area contributed by atoms with Crippen LogP contribution in [0.2, 0.25) is 0 Å². The third-order valence-electron chi connectivity index (χ3n) is 4.75. The number of urea groups is 1. The van der Waals surface area contributed by atoms with E-state index in [1.54, 1.807) is 11.3 Å². The zero-order valence-electron chi connectivity index (χ0n) is 13.5. The van der Waals surface area contributed by atoms with Crippen molar-refractivity contribution in [1.82, 2.24) is 20.1 Å². The summed E-state index contributed by atoms with van der Waals surface area (Å²) in [4.78, 5) is 21.0. The Morgan fingerprint density at radius 3 is 2.95 bits per heavy atom. The number of piperidine rings is 1. The molecule has 1 aromatic rings. The van der Waals surface area contributed by atoms with Crippen molar-refractivity contribution < 1.29 is 4.79 Å². The van der Waals surface area contributed by atoms with Crippen LogP contribution >= 0.6 is 11.3 Å². The van der Waals surface area contributed by atoms with Gasteiger partial charge < -0.3 is 10.2 Å². The summed E-state index contributed by atoms with van der Waals surface area (Å²) in [6.07, 6.45) is 4.78. The topological polar surface area (TPSA) is 48.5 Å². The van der Waals surface area contributed by atoms with E-state index in [-0.39, 0.29) is 6.03 Å². The molecule has 3 rings (SSSR count). The maximum atomic E-state index is 12.1. The van der Waals surface area contributed by atoms with Gasteiger partial charge in [-0.15, -0.1) is 11.3 Å². The van der Waals surface area contributed by atoms with Crippen LogP contribution in [-0.2, 0) is 6.42 Å². The standard InChI is InChI=1S/C16H26N4OS/c1-12-11-22-15(18-12)6-7-17-16(21)19-9-14(10-19)20-8-4-3-5-13(20)2/h11,13-14H,3-10H2,1-2H3,(H,17,21). The summed E-state index contributed by atoms with van der Waals surface area (Å²) in [6, 6.07) is 1.33. The predicted molar refractivity (Wildman–Crippen MR) is 89.3 cm³/mol. The van der Waals surface area contributed by atoms with Gasteiger partial charge in [0.2, 0.25) is 0 Å². The molecule has 0 bridgehead atoms. The molecule has 0 spiro atoms. The Bertz CT molecular complexity index is 512. The molecule has 0 saturated carbocycles. The number of nitrogens with one attached hydrogen (secondary N) is 1. The van der Waals surface area contributed by atoms with E-state index in [9.17, 15) is 4.79 Å². The Hall–Kier alpha value is -1.14. The lowest BCUT2D eigenvalue weighted by Crippen LogP contribution is -2.65. The van der Waals surface area contributed by atoms with Crippen molar-refractivity contribution in [2.45, 2.75) is 51.6 Å². The molecular formula is C16H26N4OS. The van der Waals surface area contributed by atoms with E-state index in [4.69, 9.17) is 0 Å². The van der Waals surface area contributed by atoms with Crippen LogP contribution in [0.25, 0.3) is 0 Å². The quantitative estimate of drug-likeness (QED) is 0.925. The van der Waals surface area contributed by atoms with Crippen molar-refractivity contribution in [2.24, 2.45) is 0 Å². The summed E-state index contributed by atoms with van der Waals surface area (Å²) < 4.78 is 0. The van der Waals surface area contributed by atoms with Crippen molar-refractivity contribution in [2.75, 3.05) is 26.2 Å². The molecule has 0 radical (unpaired) electrons. The molecule has 22 heavy (non-hydrogen) atoms. The van der Waals surface area contributed by atoms with E-state index in [1.165, 1.54) is 25.8 Å². The minimum Gasteiger partial charge on any atom is -0.338 e. The summed E-state index contributed by atoms with van der Waals surface area (Å²) in [6.45, 7) is 7.95. The number of carbonyl (C=O) groups excluding carboxylic acids is 1. The van der Waals surface area contributed by atoms with E-state index >= 15 is 0 Å². The van der Waals surface area contributed by atoms with Gasteiger partial charge in [-0.1, -0.05) is 6.42 Å². The van der Waals surface area contributed by atoms with Crippen LogP contribution in [-0.4, -0.2) is 59.1 Å². The molecule has 2 fully saturated rings. The van der Waals surface area contributed by atoms with Gasteiger partial charge in [-0.05, 0) is 33.2 Å². The van der Waals surface area contributed by atoms with E-state index < -0.39 is 0 Å². The molecule has 1 unspecified atom stereocenters. The number of aryl methyl sites for hydroxylation is 1. The Morgan fingerprint density at radius 2 is 2.27 bits per heavy atom. The molecule has 122 valence electrons. The van der Waals surface area contributed by atoms with Crippen molar-refractivity contribution in [1.29, 1.82) is 0 Å². The van der Waals surface area contributed by atoms with E-state index in [1.807, 2.05) is 11.8 Å². The lowest BCUT2D eigenvalue weighted by atomic mass is 9.98. The van der Waals surface area contributed by atoms with E-state index in [2.05, 4.69) is 27.5 Å². The third kappa shape index (κ3) is 3.60. The van der Waals surface area contributed by atoms with Gasteiger partial charge >= 0.3 is 6.03 Å². The van der Waals surface area contributed by atoms with Crippen molar-refractivity contribution >= 4 is 17.4 Å². The van der Waals surface area contributed by atoms with Crippen molar-refractivity contribution in [3.63, 3.8) is 0 Å². The molecular weight excluding hydrogens is 296 g/mol. The van der Waals surface area contributed by atoms with Gasteiger partial charge in [-0.3, -0.25) is 4.90 Å². The zero-order valence-corrected chi connectivity index (χ0v) is 14.4. The van der Waals surface area contributed by atoms with Gasteiger partial charge in [0.25, 0.3) is 0 Å². The molecule has 5 nitrogen and oxygen atoms in total. The minimum atomic E-state index is 0.0780. The molecule has 0 aliphatic carbocycles. The highest BCUT2D eigenvalue weighted by molar-refractivity contribution is 7.09. The number of carbonyl (C=O) groups is 1. The Morgan fingerprint density at radius 1 is 1.45 bits per heavy atom. The number of rotatable bonds is 4. The summed E-state index contributed by atoms with van der Waals surface area (Å²) in [5.41, 5.74) is 1.06. The van der Waals surface area contributed by atoms with Gasteiger partial charge in [0, 0.05) is 49.2 Å². The highest BCUT2D eigenvalue weighted by Gasteiger charge is 2.37. The smallest absolute Gasteiger partial charge is 0.317 e. The number of thiazole rings is 1. The Labute approximate surface area is 136 Å². The normalized spacial score (nSPS) is 23.4. The molecule has 6 heteroatoms. The molecule has 0 aromatic carbocycles. The lowest BCUT2D eigenvalue weighted by Gasteiger charge is -2.49. The predicted octanol–water partition coefficient (Wildman–Crippen LogP) is 2.26. The second-order valence-corrected chi connectivity index (χ2v) is 7.45. The first-order valence-corrected chi connectivity index (χ1v) is 9.21. The first kappa shape index (κ1) is 15.7. The van der Waals surface area contributed by atoms with Gasteiger partial charge in [0.1, 0.15) is 0 Å². The number of hydrogen-bond donors (Lipinski definition) is 1. The summed E-state index contributed by atoms with van der Waals surface area (Å²) in [5, 5.41) is 6.16. The van der Waals surface area contributed by atoms with Crippen LogP contribution in [0.1, 0.15) is 36.9 Å². The molecule has 2 aliphatic heterocycles. The van der Waals surface area contributed by atoms with Crippen molar-refractivity contribution in [3.8, 4) is 0 Å². The maximum absolute atomic E-state index is 12.1. The Kier molecular flexibility index (Phi) is 4.98. The first-order valence-electron chi connectivity index (χ1n) is 8.33. The number of nitrogens with zero attached hydrogens (tertiary/aromatic N) is 3. The molecule has 1 N–H and O–H groups in total. The fourth-order valence-electron chi connectivity index (χ4n) is 3.40. The second kappa shape index (κ2) is 6.96. The number of hydrogen-bond acceptors (Lipinski definition) is 4. The first-order chi connectivity index (χ1) is 10.6. The number of amides is 2. The summed E-state index contributed by atoms with van der Waals surface area (Å²) in [5.74, 6) is 0. The highest BCUT2D eigenvalue weighted by Crippen LogP contribution is 2.24. The molecule has 1 aromatic heterocycles. The molecule has 2 amide bonds. The van der Waals surface area contributed by atoms with Crippen LogP contribution in [0.15, 0.2) is 5.38 Å². The zero-order chi connectivity index (χ0) is 15.5. The Balaban J connectivity index is 1.36. The maximum Gasteiger partial charge on any atom is 0.317 e. The van der Waals surface area contributed by atoms with E-state index in [0.717, 1.165) is 30.2 Å². The minimum absolute atomic E-state index is 0.0780. The fraction of sp³-hybridized carbons (Fsp3) is 0.750. The van der Waals surface area contributed by atoms with Crippen molar-refractivity contribution in [3.05, 3.63) is 16.1 Å². The van der Waals surface area contributed by atoms with E-state index in [0.29, 0.717) is 18.6 Å². The average molecular weight is 322 g/mol. The van der Waals surface area contributed by atoms with Crippen LogP contribution in [0.4, 0.5) is 4.79 Å². The molecule has 2 aliphatic rings. The second-order valence-electron chi connectivity index (χ2n) is 6.51. The third-order valence-corrected chi connectivity index (χ3v) is 5.78. The van der Waals surface area contributed by atoms with Crippen LogP contribution in [0.5, 0.6) is 0 Å². The number of likely N-dealkylation sites (tertiary alicyclic amines) is 2. The lowest BCUT2D eigenvalue weighted by molar-refractivity contribution is 0.0170. The summed E-state index contributed by atoms with van der Waals surface area (Å²) in [7, 11) is 0. The molecule has 3 heterocycles. The van der Waals surface area contributed by atoms with Crippen LogP contribution < -0.4 is 5.32 Å². The van der Waals surface area contributed by atoms with Gasteiger partial charge in [-0.2, -0.15) is 0 Å². The van der Waals surface area contributed by atoms with Gasteiger partial charge in [0.15, 0.2) is 0 Å². The summed E-state index contributed by atoms with van der Waals surface area (Å²) >= 11 is 1.67. The van der Waals surface area contributed by atoms with Crippen LogP contribution in [0.3, 0.4) is 0 Å². The fourth-order valence-corrected chi connectivity index (χ4v) is 4.18. The molecule has 1 atom stereocenters. The SMILES string of the molecule is Cc1csc(CCNC(=O)N2CC(N3CCCCC3C)C2)n1. The monoisotopic (exact) mass is 322 g/mol. The van der Waals surface area contributed by atoms with Crippen LogP contribution in [0, 0.1) is 6.92 Å². The highest BCUT2D eigenvalue weighted by atomic mass is 32.1. The molecule has 2 saturated heterocycles. The van der Waals surface area contributed by atoms with Gasteiger partial charge in [-0.25, -0.2) is 9.78 Å². The number of aromatic nitrogens is 1.